The molecule has 96 valence electrons. The van der Waals surface area contributed by atoms with Gasteiger partial charge in [0.15, 0.2) is 17.3 Å². The molecule has 3 rings (SSSR count). The van der Waals surface area contributed by atoms with Crippen LogP contribution in [-0.4, -0.2) is 20.9 Å². The predicted molar refractivity (Wildman–Crippen MR) is 71.2 cm³/mol. The third kappa shape index (κ3) is 1.88. The second-order valence-corrected chi connectivity index (χ2v) is 4.98. The topological polar surface area (TPSA) is 80.3 Å². The first-order valence-electron chi connectivity index (χ1n) is 6.30. The molecule has 1 saturated carbocycles. The average Bonchev–Trinajstić information content (AvgIpc) is 3.04. The minimum atomic E-state index is 0.470. The van der Waals surface area contributed by atoms with Crippen molar-refractivity contribution in [2.45, 2.75) is 26.2 Å². The van der Waals surface area contributed by atoms with Crippen molar-refractivity contribution < 1.29 is 0 Å². The Labute approximate surface area is 106 Å². The van der Waals surface area contributed by atoms with Crippen molar-refractivity contribution in [2.24, 2.45) is 11.3 Å². The Balaban J connectivity index is 1.87. The molecule has 0 saturated heterocycles. The molecule has 0 atom stereocenters. The number of hydrazine groups is 1. The van der Waals surface area contributed by atoms with Crippen LogP contribution in [0, 0.1) is 5.41 Å². The molecule has 0 unspecified atom stereocenters. The van der Waals surface area contributed by atoms with Crippen molar-refractivity contribution in [3.05, 3.63) is 18.6 Å². The number of nitrogens with zero attached hydrogens (tertiary/aromatic N) is 3. The lowest BCUT2D eigenvalue weighted by molar-refractivity contribution is 0.521. The molecular weight excluding hydrogens is 228 g/mol. The molecule has 6 heteroatoms. The van der Waals surface area contributed by atoms with E-state index in [-0.39, 0.29) is 0 Å². The van der Waals surface area contributed by atoms with Crippen LogP contribution in [0.25, 0.3) is 5.65 Å². The largest absolute Gasteiger partial charge is 0.366 e. The van der Waals surface area contributed by atoms with Crippen molar-refractivity contribution in [2.75, 3.05) is 17.3 Å². The molecular formula is C12H18N6. The predicted octanol–water partition coefficient (Wildman–Crippen LogP) is 1.62. The zero-order valence-electron chi connectivity index (χ0n) is 10.5. The molecule has 0 bridgehead atoms. The number of nitrogen functional groups attached to an aromatic ring is 1. The summed E-state index contributed by atoms with van der Waals surface area (Å²) in [7, 11) is 0. The Morgan fingerprint density at radius 2 is 2.33 bits per heavy atom. The fraction of sp³-hybridized carbons (Fsp3) is 0.500. The van der Waals surface area contributed by atoms with Crippen LogP contribution in [0.3, 0.4) is 0 Å². The van der Waals surface area contributed by atoms with Gasteiger partial charge in [-0.1, -0.05) is 6.92 Å². The zero-order chi connectivity index (χ0) is 12.6. The Hall–Kier alpha value is -1.82. The monoisotopic (exact) mass is 246 g/mol. The quantitative estimate of drug-likeness (QED) is 0.552. The van der Waals surface area contributed by atoms with Gasteiger partial charge in [0.05, 0.1) is 6.20 Å². The van der Waals surface area contributed by atoms with Crippen molar-refractivity contribution in [1.29, 1.82) is 0 Å². The summed E-state index contributed by atoms with van der Waals surface area (Å²) >= 11 is 0. The third-order valence-corrected chi connectivity index (χ3v) is 3.86. The standard InChI is InChI=1S/C12H18N6/c1-2-12(3-4-12)8-15-10-11-14-5-6-18(11)7-9(16-10)17-13/h5-7,17H,2-4,8,13H2,1H3,(H,15,16). The second-order valence-electron chi connectivity index (χ2n) is 4.98. The van der Waals surface area contributed by atoms with E-state index in [0.717, 1.165) is 18.0 Å². The van der Waals surface area contributed by atoms with Crippen molar-refractivity contribution >= 4 is 17.3 Å². The molecule has 1 aliphatic rings. The van der Waals surface area contributed by atoms with E-state index in [9.17, 15) is 0 Å². The Kier molecular flexibility index (Phi) is 2.59. The number of rotatable bonds is 5. The normalized spacial score (nSPS) is 16.8. The molecule has 0 radical (unpaired) electrons. The number of anilines is 2. The number of fused-ring (bicyclic) bond motifs is 1. The molecule has 18 heavy (non-hydrogen) atoms. The molecule has 0 amide bonds. The van der Waals surface area contributed by atoms with Crippen LogP contribution in [-0.2, 0) is 0 Å². The number of nitrogens with two attached hydrogens (primary N) is 1. The fourth-order valence-electron chi connectivity index (χ4n) is 2.22. The molecule has 0 spiro atoms. The van der Waals surface area contributed by atoms with E-state index in [1.54, 1.807) is 6.20 Å². The highest BCUT2D eigenvalue weighted by molar-refractivity contribution is 5.65. The van der Waals surface area contributed by atoms with Crippen LogP contribution < -0.4 is 16.6 Å². The Bertz CT molecular complexity index is 557. The fourth-order valence-corrected chi connectivity index (χ4v) is 2.22. The Morgan fingerprint density at radius 3 is 3.00 bits per heavy atom. The van der Waals surface area contributed by atoms with Gasteiger partial charge in [-0.3, -0.25) is 0 Å². The van der Waals surface area contributed by atoms with E-state index in [4.69, 9.17) is 5.84 Å². The SMILES string of the molecule is CCC1(CNc2nc(NN)cn3ccnc23)CC1. The highest BCUT2D eigenvalue weighted by Gasteiger charge is 2.40. The van der Waals surface area contributed by atoms with Gasteiger partial charge in [-0.15, -0.1) is 0 Å². The maximum absolute atomic E-state index is 5.42. The lowest BCUT2D eigenvalue weighted by Gasteiger charge is -2.15. The van der Waals surface area contributed by atoms with E-state index in [1.807, 2.05) is 16.8 Å². The van der Waals surface area contributed by atoms with Crippen molar-refractivity contribution in [1.82, 2.24) is 14.4 Å². The number of hydrogen-bond acceptors (Lipinski definition) is 5. The van der Waals surface area contributed by atoms with Crippen molar-refractivity contribution in [3.63, 3.8) is 0 Å². The summed E-state index contributed by atoms with van der Waals surface area (Å²) in [6.45, 7) is 3.19. The third-order valence-electron chi connectivity index (χ3n) is 3.86. The number of hydrogen-bond donors (Lipinski definition) is 3. The average molecular weight is 246 g/mol. The van der Waals surface area contributed by atoms with Crippen LogP contribution in [0.15, 0.2) is 18.6 Å². The van der Waals surface area contributed by atoms with Crippen molar-refractivity contribution in [3.8, 4) is 0 Å². The molecule has 1 aliphatic carbocycles. The van der Waals surface area contributed by atoms with Gasteiger partial charge < -0.3 is 15.1 Å². The number of aromatic nitrogens is 3. The maximum atomic E-state index is 5.42. The summed E-state index contributed by atoms with van der Waals surface area (Å²) in [5.74, 6) is 6.84. The highest BCUT2D eigenvalue weighted by atomic mass is 15.3. The van der Waals surface area contributed by atoms with Gasteiger partial charge in [0, 0.05) is 18.9 Å². The molecule has 0 aliphatic heterocycles. The van der Waals surface area contributed by atoms with Gasteiger partial charge >= 0.3 is 0 Å². The summed E-state index contributed by atoms with van der Waals surface area (Å²) in [4.78, 5) is 8.74. The first-order chi connectivity index (χ1) is 8.76. The van der Waals surface area contributed by atoms with E-state index >= 15 is 0 Å². The van der Waals surface area contributed by atoms with Gasteiger partial charge in [0.1, 0.15) is 0 Å². The molecule has 6 nitrogen and oxygen atoms in total. The highest BCUT2D eigenvalue weighted by Crippen LogP contribution is 2.48. The van der Waals surface area contributed by atoms with Gasteiger partial charge in [-0.25, -0.2) is 15.8 Å². The smallest absolute Gasteiger partial charge is 0.180 e. The first-order valence-corrected chi connectivity index (χ1v) is 6.30. The van der Waals surface area contributed by atoms with E-state index < -0.39 is 0 Å². The lowest BCUT2D eigenvalue weighted by Crippen LogP contribution is -2.17. The van der Waals surface area contributed by atoms with Gasteiger partial charge in [-0.2, -0.15) is 0 Å². The van der Waals surface area contributed by atoms with Gasteiger partial charge in [0.2, 0.25) is 0 Å². The van der Waals surface area contributed by atoms with Gasteiger partial charge in [0.25, 0.3) is 0 Å². The minimum absolute atomic E-state index is 0.470. The first kappa shape index (κ1) is 11.3. The second kappa shape index (κ2) is 4.13. The lowest BCUT2D eigenvalue weighted by atomic mass is 10.0. The van der Waals surface area contributed by atoms with E-state index in [1.165, 1.54) is 19.3 Å². The van der Waals surface area contributed by atoms with Crippen LogP contribution in [0.2, 0.25) is 0 Å². The number of imidazole rings is 1. The van der Waals surface area contributed by atoms with Crippen LogP contribution >= 0.6 is 0 Å². The molecule has 1 fully saturated rings. The van der Waals surface area contributed by atoms with Gasteiger partial charge in [-0.05, 0) is 24.7 Å². The van der Waals surface area contributed by atoms with Crippen LogP contribution in [0.1, 0.15) is 26.2 Å². The minimum Gasteiger partial charge on any atom is -0.366 e. The van der Waals surface area contributed by atoms with Crippen LogP contribution in [0.4, 0.5) is 11.6 Å². The van der Waals surface area contributed by atoms with Crippen LogP contribution in [0.5, 0.6) is 0 Å². The Morgan fingerprint density at radius 1 is 1.50 bits per heavy atom. The summed E-state index contributed by atoms with van der Waals surface area (Å²) in [6, 6.07) is 0. The molecule has 0 aromatic carbocycles. The summed E-state index contributed by atoms with van der Waals surface area (Å²) in [5, 5.41) is 3.41. The summed E-state index contributed by atoms with van der Waals surface area (Å²) in [6.07, 6.45) is 9.27. The zero-order valence-corrected chi connectivity index (χ0v) is 10.5. The number of nitrogens with one attached hydrogen (secondary N) is 2. The maximum Gasteiger partial charge on any atom is 0.180 e. The molecule has 2 aromatic heterocycles. The molecule has 2 heterocycles. The van der Waals surface area contributed by atoms with E-state index in [0.29, 0.717) is 11.2 Å². The van der Waals surface area contributed by atoms with E-state index in [2.05, 4.69) is 27.6 Å². The molecule has 4 N–H and O–H groups in total. The molecule has 2 aromatic rings. The summed E-state index contributed by atoms with van der Waals surface area (Å²) in [5.41, 5.74) is 3.88. The summed E-state index contributed by atoms with van der Waals surface area (Å²) < 4.78 is 1.91.